The minimum atomic E-state index is -0.211. The number of carbonyl (C=O) groups excluding carboxylic acids is 1. The average Bonchev–Trinajstić information content (AvgIpc) is 2.82. The number of carbonyl (C=O) groups is 1. The molecule has 0 aliphatic carbocycles. The van der Waals surface area contributed by atoms with Gasteiger partial charge < -0.3 is 15.4 Å². The van der Waals surface area contributed by atoms with Crippen molar-refractivity contribution >= 4 is 35.9 Å². The predicted molar refractivity (Wildman–Crippen MR) is 110 cm³/mol. The van der Waals surface area contributed by atoms with Crippen LogP contribution in [-0.2, 0) is 9.53 Å². The highest BCUT2D eigenvalue weighted by atomic mass is 127. The summed E-state index contributed by atoms with van der Waals surface area (Å²) in [4.78, 5) is 18.0. The van der Waals surface area contributed by atoms with Crippen LogP contribution in [0.1, 0.15) is 46.0 Å². The van der Waals surface area contributed by atoms with Gasteiger partial charge in [0.1, 0.15) is 0 Å². The molecule has 1 unspecified atom stereocenters. The molecule has 1 atom stereocenters. The molecule has 0 amide bonds. The fraction of sp³-hybridized carbons (Fsp3) is 0.882. The highest BCUT2D eigenvalue weighted by Crippen LogP contribution is 2.16. The Balaban J connectivity index is 0.00000529. The van der Waals surface area contributed by atoms with Crippen molar-refractivity contribution in [2.75, 3.05) is 40.3 Å². The Morgan fingerprint density at radius 1 is 1.17 bits per heavy atom. The molecule has 1 fully saturated rings. The lowest BCUT2D eigenvalue weighted by atomic mass is 10.0. The van der Waals surface area contributed by atoms with E-state index in [1.165, 1.54) is 45.9 Å². The summed E-state index contributed by atoms with van der Waals surface area (Å²) in [7, 11) is 3.16. The maximum Gasteiger partial charge on any atom is 0.307 e. The van der Waals surface area contributed by atoms with Crippen molar-refractivity contribution in [3.8, 4) is 0 Å². The first-order valence-electron chi connectivity index (χ1n) is 8.83. The van der Waals surface area contributed by atoms with Crippen LogP contribution in [0.15, 0.2) is 4.99 Å². The highest BCUT2D eigenvalue weighted by Gasteiger charge is 2.22. The van der Waals surface area contributed by atoms with Gasteiger partial charge in [-0.3, -0.25) is 14.7 Å². The van der Waals surface area contributed by atoms with Gasteiger partial charge in [0.25, 0.3) is 0 Å². The summed E-state index contributed by atoms with van der Waals surface area (Å²) < 4.78 is 4.64. The van der Waals surface area contributed by atoms with Gasteiger partial charge in [0, 0.05) is 26.2 Å². The van der Waals surface area contributed by atoms with Gasteiger partial charge in [0.2, 0.25) is 0 Å². The van der Waals surface area contributed by atoms with E-state index in [0.717, 1.165) is 12.5 Å². The van der Waals surface area contributed by atoms with E-state index in [0.29, 0.717) is 24.9 Å². The Hall–Kier alpha value is -0.570. The summed E-state index contributed by atoms with van der Waals surface area (Å²) in [6.07, 6.45) is 5.65. The van der Waals surface area contributed by atoms with E-state index >= 15 is 0 Å². The van der Waals surface area contributed by atoms with Gasteiger partial charge in [-0.05, 0) is 31.8 Å². The van der Waals surface area contributed by atoms with Crippen LogP contribution >= 0.6 is 24.0 Å². The summed E-state index contributed by atoms with van der Waals surface area (Å²) in [6, 6.07) is 0.507. The Bertz CT molecular complexity index is 370. The van der Waals surface area contributed by atoms with Crippen LogP contribution in [0, 0.1) is 5.92 Å². The fourth-order valence-electron chi connectivity index (χ4n) is 3.02. The maximum absolute atomic E-state index is 11.1. The molecule has 0 bridgehead atoms. The van der Waals surface area contributed by atoms with Gasteiger partial charge in [-0.15, -0.1) is 24.0 Å². The molecule has 142 valence electrons. The topological polar surface area (TPSA) is 66.0 Å². The second kappa shape index (κ2) is 13.7. The number of aliphatic imine (C=N–C) groups is 1. The summed E-state index contributed by atoms with van der Waals surface area (Å²) in [6.45, 7) is 8.35. The molecule has 1 aliphatic rings. The van der Waals surface area contributed by atoms with Crippen molar-refractivity contribution in [3.63, 3.8) is 0 Å². The first-order chi connectivity index (χ1) is 11.1. The molecule has 6 nitrogen and oxygen atoms in total. The largest absolute Gasteiger partial charge is 0.469 e. The van der Waals surface area contributed by atoms with E-state index in [2.05, 4.69) is 39.1 Å². The number of hydrogen-bond donors (Lipinski definition) is 2. The van der Waals surface area contributed by atoms with E-state index in [1.807, 2.05) is 0 Å². The lowest BCUT2D eigenvalue weighted by molar-refractivity contribution is -0.140. The van der Waals surface area contributed by atoms with Crippen LogP contribution in [0.2, 0.25) is 0 Å². The third-order valence-corrected chi connectivity index (χ3v) is 4.43. The molecule has 0 aromatic rings. The van der Waals surface area contributed by atoms with Crippen LogP contribution in [0.5, 0.6) is 0 Å². The monoisotopic (exact) mass is 454 g/mol. The quantitative estimate of drug-likeness (QED) is 0.267. The van der Waals surface area contributed by atoms with Gasteiger partial charge >= 0.3 is 5.97 Å². The molecule has 0 saturated carbocycles. The molecule has 1 aliphatic heterocycles. The molecule has 2 N–H and O–H groups in total. The normalized spacial score (nSPS) is 17.6. The van der Waals surface area contributed by atoms with Crippen LogP contribution < -0.4 is 10.6 Å². The average molecular weight is 454 g/mol. The molecule has 0 spiro atoms. The third kappa shape index (κ3) is 9.05. The minimum Gasteiger partial charge on any atom is -0.469 e. The van der Waals surface area contributed by atoms with Crippen molar-refractivity contribution in [1.29, 1.82) is 0 Å². The molecular formula is C17H35IN4O2. The third-order valence-electron chi connectivity index (χ3n) is 4.43. The van der Waals surface area contributed by atoms with Crippen LogP contribution in [0.3, 0.4) is 0 Å². The first-order valence-corrected chi connectivity index (χ1v) is 8.83. The number of guanidine groups is 1. The number of nitrogens with zero attached hydrogens (tertiary/aromatic N) is 2. The Morgan fingerprint density at radius 3 is 2.29 bits per heavy atom. The van der Waals surface area contributed by atoms with E-state index in [9.17, 15) is 4.79 Å². The van der Waals surface area contributed by atoms with E-state index in [4.69, 9.17) is 0 Å². The van der Waals surface area contributed by atoms with E-state index in [-0.39, 0.29) is 29.9 Å². The molecule has 24 heavy (non-hydrogen) atoms. The number of nitrogens with one attached hydrogen (secondary N) is 2. The fourth-order valence-corrected chi connectivity index (χ4v) is 3.02. The zero-order valence-electron chi connectivity index (χ0n) is 15.6. The van der Waals surface area contributed by atoms with Gasteiger partial charge in [0.05, 0.1) is 13.5 Å². The van der Waals surface area contributed by atoms with Crippen molar-refractivity contribution in [2.24, 2.45) is 10.9 Å². The Morgan fingerprint density at radius 2 is 1.79 bits per heavy atom. The summed E-state index contributed by atoms with van der Waals surface area (Å²) in [5, 5.41) is 6.57. The number of rotatable bonds is 7. The van der Waals surface area contributed by atoms with Gasteiger partial charge in [-0.1, -0.05) is 26.7 Å². The number of halogens is 1. The molecule has 0 aromatic carbocycles. The van der Waals surface area contributed by atoms with Crippen LogP contribution in [-0.4, -0.2) is 63.2 Å². The lowest BCUT2D eigenvalue weighted by Crippen LogP contribution is -2.50. The van der Waals surface area contributed by atoms with Gasteiger partial charge in [0.15, 0.2) is 5.96 Å². The second-order valence-corrected chi connectivity index (χ2v) is 6.47. The predicted octanol–water partition coefficient (Wildman–Crippen LogP) is 2.23. The zero-order chi connectivity index (χ0) is 17.1. The zero-order valence-corrected chi connectivity index (χ0v) is 18.0. The van der Waals surface area contributed by atoms with Crippen LogP contribution in [0.4, 0.5) is 0 Å². The number of ether oxygens (including phenoxy) is 1. The van der Waals surface area contributed by atoms with Crippen molar-refractivity contribution < 1.29 is 9.53 Å². The standard InChI is InChI=1S/C17H34N4O2.HI/c1-14(2)15(21-11-7-5-6-8-12-21)13-20-17(18-3)19-10-9-16(22)23-4;/h14-15H,5-13H2,1-4H3,(H2,18,19,20);1H. The lowest BCUT2D eigenvalue weighted by Gasteiger charge is -2.34. The maximum atomic E-state index is 11.1. The molecule has 1 rings (SSSR count). The summed E-state index contributed by atoms with van der Waals surface area (Å²) >= 11 is 0. The number of likely N-dealkylation sites (tertiary alicyclic amines) is 1. The number of methoxy groups -OCH3 is 1. The van der Waals surface area contributed by atoms with Crippen molar-refractivity contribution in [3.05, 3.63) is 0 Å². The van der Waals surface area contributed by atoms with Crippen molar-refractivity contribution in [1.82, 2.24) is 15.5 Å². The Labute approximate surface area is 164 Å². The molecule has 1 saturated heterocycles. The Kier molecular flexibility index (Phi) is 13.4. The molecule has 0 aromatic heterocycles. The van der Waals surface area contributed by atoms with Gasteiger partial charge in [-0.25, -0.2) is 0 Å². The number of hydrogen-bond acceptors (Lipinski definition) is 4. The summed E-state index contributed by atoms with van der Waals surface area (Å²) in [5.74, 6) is 1.13. The van der Waals surface area contributed by atoms with E-state index in [1.54, 1.807) is 7.05 Å². The number of esters is 1. The van der Waals surface area contributed by atoms with Crippen molar-refractivity contribution in [2.45, 2.75) is 52.0 Å². The highest BCUT2D eigenvalue weighted by molar-refractivity contribution is 14.0. The first kappa shape index (κ1) is 23.4. The SMILES string of the molecule is CN=C(NCCC(=O)OC)NCC(C(C)C)N1CCCCCC1.I. The molecular weight excluding hydrogens is 419 g/mol. The van der Waals surface area contributed by atoms with E-state index < -0.39 is 0 Å². The second-order valence-electron chi connectivity index (χ2n) is 6.47. The van der Waals surface area contributed by atoms with Gasteiger partial charge in [-0.2, -0.15) is 0 Å². The molecule has 7 heteroatoms. The summed E-state index contributed by atoms with van der Waals surface area (Å²) in [5.41, 5.74) is 0. The molecule has 0 radical (unpaired) electrons. The molecule has 1 heterocycles. The van der Waals surface area contributed by atoms with Crippen LogP contribution in [0.25, 0.3) is 0 Å². The minimum absolute atomic E-state index is 0. The smallest absolute Gasteiger partial charge is 0.307 e.